The number of ketones is 1. The van der Waals surface area contributed by atoms with Crippen molar-refractivity contribution in [1.29, 1.82) is 0 Å². The molecule has 0 saturated carbocycles. The van der Waals surface area contributed by atoms with E-state index in [9.17, 15) is 4.79 Å². The number of nitrogens with zero attached hydrogens (tertiary/aromatic N) is 2. The Labute approximate surface area is 121 Å². The fourth-order valence-corrected chi connectivity index (χ4v) is 2.24. The largest absolute Gasteiger partial charge is 0.396 e. The van der Waals surface area contributed by atoms with Crippen molar-refractivity contribution < 1.29 is 4.79 Å². The molecule has 0 saturated heterocycles. The molecule has 2 N–H and O–H groups in total. The molecule has 0 aliphatic rings. The average molecular weight is 298 g/mol. The van der Waals surface area contributed by atoms with Crippen LogP contribution >= 0.6 is 23.2 Å². The molecule has 0 spiro atoms. The lowest BCUT2D eigenvalue weighted by Gasteiger charge is -2.06. The molecule has 0 aliphatic heterocycles. The summed E-state index contributed by atoms with van der Waals surface area (Å²) in [5.74, 6) is 0.827. The Hall–Kier alpha value is -1.52. The molecule has 0 atom stereocenters. The molecule has 1 aromatic carbocycles. The summed E-state index contributed by atoms with van der Waals surface area (Å²) in [5.41, 5.74) is 6.40. The Kier molecular flexibility index (Phi) is 4.12. The lowest BCUT2D eigenvalue weighted by molar-refractivity contribution is 0.0982. The number of aromatic nitrogens is 2. The lowest BCUT2D eigenvalue weighted by Crippen LogP contribution is -2.05. The van der Waals surface area contributed by atoms with Crippen LogP contribution < -0.4 is 5.73 Å². The maximum absolute atomic E-state index is 12.1. The predicted octanol–water partition coefficient (Wildman–Crippen LogP) is 3.12. The molecule has 0 fully saturated rings. The topological polar surface area (TPSA) is 60.9 Å². The van der Waals surface area contributed by atoms with Gasteiger partial charge >= 0.3 is 0 Å². The van der Waals surface area contributed by atoms with Crippen LogP contribution in [0.25, 0.3) is 0 Å². The van der Waals surface area contributed by atoms with E-state index < -0.39 is 0 Å². The van der Waals surface area contributed by atoms with Gasteiger partial charge in [0.2, 0.25) is 0 Å². The van der Waals surface area contributed by atoms with Gasteiger partial charge in [-0.1, -0.05) is 23.2 Å². The van der Waals surface area contributed by atoms with Crippen LogP contribution in [0.4, 0.5) is 5.69 Å². The number of Topliss-reactive ketones (excluding diaryl/α,β-unsaturated/α-hetero) is 1. The van der Waals surface area contributed by atoms with Crippen LogP contribution in [0.1, 0.15) is 22.6 Å². The smallest absolute Gasteiger partial charge is 0.163 e. The number of aryl methyl sites for hydroxylation is 2. The van der Waals surface area contributed by atoms with Gasteiger partial charge in [-0.2, -0.15) is 0 Å². The van der Waals surface area contributed by atoms with Crippen molar-refractivity contribution in [3.63, 3.8) is 0 Å². The first-order valence-corrected chi connectivity index (χ1v) is 6.48. The SMILES string of the molecule is Cn1ccnc1CCC(=O)c1cc(Cl)c(N)c(Cl)c1. The van der Waals surface area contributed by atoms with E-state index in [4.69, 9.17) is 28.9 Å². The molecule has 2 rings (SSSR count). The summed E-state index contributed by atoms with van der Waals surface area (Å²) in [6.45, 7) is 0. The molecule has 19 heavy (non-hydrogen) atoms. The number of nitrogens with two attached hydrogens (primary N) is 1. The van der Waals surface area contributed by atoms with Crippen molar-refractivity contribution in [2.45, 2.75) is 12.8 Å². The first-order chi connectivity index (χ1) is 8.99. The molecule has 6 heteroatoms. The molecular formula is C13H13Cl2N3O. The van der Waals surface area contributed by atoms with Gasteiger partial charge in [0.05, 0.1) is 15.7 Å². The Bertz CT molecular complexity index is 599. The van der Waals surface area contributed by atoms with Crippen molar-refractivity contribution in [1.82, 2.24) is 9.55 Å². The molecule has 1 aromatic heterocycles. The van der Waals surface area contributed by atoms with E-state index in [-0.39, 0.29) is 5.78 Å². The van der Waals surface area contributed by atoms with E-state index in [0.717, 1.165) is 5.82 Å². The quantitative estimate of drug-likeness (QED) is 0.697. The fourth-order valence-electron chi connectivity index (χ4n) is 1.75. The molecule has 1 heterocycles. The van der Waals surface area contributed by atoms with Gasteiger partial charge in [-0.15, -0.1) is 0 Å². The number of imidazole rings is 1. The maximum atomic E-state index is 12.1. The molecule has 2 aromatic rings. The molecule has 100 valence electrons. The third kappa shape index (κ3) is 3.08. The zero-order chi connectivity index (χ0) is 14.0. The van der Waals surface area contributed by atoms with E-state index in [1.807, 2.05) is 17.8 Å². The Balaban J connectivity index is 2.10. The molecular weight excluding hydrogens is 285 g/mol. The molecule has 0 amide bonds. The van der Waals surface area contributed by atoms with E-state index >= 15 is 0 Å². The van der Waals surface area contributed by atoms with E-state index in [1.165, 1.54) is 0 Å². The van der Waals surface area contributed by atoms with Crippen LogP contribution in [-0.4, -0.2) is 15.3 Å². The minimum absolute atomic E-state index is 0.0354. The zero-order valence-corrected chi connectivity index (χ0v) is 11.9. The Morgan fingerprint density at radius 3 is 2.53 bits per heavy atom. The maximum Gasteiger partial charge on any atom is 0.163 e. The molecule has 0 bridgehead atoms. The zero-order valence-electron chi connectivity index (χ0n) is 10.4. The van der Waals surface area contributed by atoms with Crippen LogP contribution in [0.5, 0.6) is 0 Å². The van der Waals surface area contributed by atoms with Crippen molar-refractivity contribution in [2.24, 2.45) is 7.05 Å². The molecule has 0 radical (unpaired) electrons. The van der Waals surface area contributed by atoms with Gasteiger partial charge in [0.25, 0.3) is 0 Å². The fraction of sp³-hybridized carbons (Fsp3) is 0.231. The minimum atomic E-state index is -0.0354. The third-order valence-corrected chi connectivity index (χ3v) is 3.52. The van der Waals surface area contributed by atoms with Crippen molar-refractivity contribution >= 4 is 34.7 Å². The van der Waals surface area contributed by atoms with Gasteiger partial charge in [0, 0.05) is 37.8 Å². The van der Waals surface area contributed by atoms with Gasteiger partial charge in [-0.3, -0.25) is 4.79 Å². The highest BCUT2D eigenvalue weighted by molar-refractivity contribution is 6.39. The highest BCUT2D eigenvalue weighted by atomic mass is 35.5. The Morgan fingerprint density at radius 1 is 1.37 bits per heavy atom. The summed E-state index contributed by atoms with van der Waals surface area (Å²) >= 11 is 11.8. The Morgan fingerprint density at radius 2 is 2.00 bits per heavy atom. The lowest BCUT2D eigenvalue weighted by atomic mass is 10.1. The summed E-state index contributed by atoms with van der Waals surface area (Å²) in [5, 5.41) is 0.598. The second kappa shape index (κ2) is 5.63. The van der Waals surface area contributed by atoms with Gasteiger partial charge in [0.15, 0.2) is 5.78 Å². The minimum Gasteiger partial charge on any atom is -0.396 e. The van der Waals surface area contributed by atoms with Crippen molar-refractivity contribution in [3.05, 3.63) is 46.0 Å². The molecule has 0 unspecified atom stereocenters. The van der Waals surface area contributed by atoms with Crippen molar-refractivity contribution in [3.8, 4) is 0 Å². The summed E-state index contributed by atoms with van der Waals surface area (Å²) in [4.78, 5) is 16.2. The second-order valence-electron chi connectivity index (χ2n) is 4.23. The number of benzene rings is 1. The summed E-state index contributed by atoms with van der Waals surface area (Å²) in [6.07, 6.45) is 4.47. The number of hydrogen-bond acceptors (Lipinski definition) is 3. The highest BCUT2D eigenvalue weighted by Gasteiger charge is 2.12. The highest BCUT2D eigenvalue weighted by Crippen LogP contribution is 2.29. The van der Waals surface area contributed by atoms with Crippen LogP contribution in [0.2, 0.25) is 10.0 Å². The van der Waals surface area contributed by atoms with Gasteiger partial charge in [0.1, 0.15) is 5.82 Å². The summed E-state index contributed by atoms with van der Waals surface area (Å²) in [7, 11) is 1.89. The second-order valence-corrected chi connectivity index (χ2v) is 5.05. The van der Waals surface area contributed by atoms with E-state index in [0.29, 0.717) is 34.1 Å². The average Bonchev–Trinajstić information content (AvgIpc) is 2.78. The summed E-state index contributed by atoms with van der Waals surface area (Å²) < 4.78 is 1.89. The van der Waals surface area contributed by atoms with Crippen LogP contribution in [0.3, 0.4) is 0 Å². The van der Waals surface area contributed by atoms with Gasteiger partial charge in [-0.25, -0.2) is 4.98 Å². The van der Waals surface area contributed by atoms with E-state index in [2.05, 4.69) is 4.98 Å². The monoisotopic (exact) mass is 297 g/mol. The number of carbonyl (C=O) groups is 1. The van der Waals surface area contributed by atoms with Gasteiger partial charge < -0.3 is 10.3 Å². The summed E-state index contributed by atoms with van der Waals surface area (Å²) in [6, 6.07) is 3.09. The van der Waals surface area contributed by atoms with Crippen LogP contribution in [0.15, 0.2) is 24.5 Å². The first-order valence-electron chi connectivity index (χ1n) is 5.73. The van der Waals surface area contributed by atoms with Gasteiger partial charge in [-0.05, 0) is 12.1 Å². The first kappa shape index (κ1) is 13.9. The number of anilines is 1. The van der Waals surface area contributed by atoms with Crippen molar-refractivity contribution in [2.75, 3.05) is 5.73 Å². The van der Waals surface area contributed by atoms with E-state index in [1.54, 1.807) is 18.3 Å². The van der Waals surface area contributed by atoms with Crippen LogP contribution in [0, 0.1) is 0 Å². The molecule has 0 aliphatic carbocycles. The standard InChI is InChI=1S/C13H13Cl2N3O/c1-18-5-4-17-12(18)3-2-11(19)8-6-9(14)13(16)10(15)7-8/h4-7H,2-3,16H2,1H3. The number of carbonyl (C=O) groups excluding carboxylic acids is 1. The molecule has 4 nitrogen and oxygen atoms in total. The number of rotatable bonds is 4. The number of nitrogen functional groups attached to an aromatic ring is 1. The van der Waals surface area contributed by atoms with Crippen LogP contribution in [-0.2, 0) is 13.5 Å². The normalized spacial score (nSPS) is 10.7. The predicted molar refractivity (Wildman–Crippen MR) is 76.7 cm³/mol. The number of halogens is 2. The third-order valence-electron chi connectivity index (χ3n) is 2.90. The number of hydrogen-bond donors (Lipinski definition) is 1.